The Balaban J connectivity index is 1.55. The van der Waals surface area contributed by atoms with Crippen molar-refractivity contribution in [1.29, 1.82) is 0 Å². The second-order valence-electron chi connectivity index (χ2n) is 9.47. The van der Waals surface area contributed by atoms with Crippen LogP contribution < -0.4 is 27.0 Å². The van der Waals surface area contributed by atoms with E-state index < -0.39 is 23.4 Å². The number of rotatable bonds is 9. The first-order valence-electron chi connectivity index (χ1n) is 12.3. The van der Waals surface area contributed by atoms with Crippen molar-refractivity contribution in [1.82, 2.24) is 10.3 Å². The summed E-state index contributed by atoms with van der Waals surface area (Å²) in [6, 6.07) is 19.2. The average Bonchev–Trinajstić information content (AvgIpc) is 2.90. The van der Waals surface area contributed by atoms with Gasteiger partial charge in [-0.1, -0.05) is 30.3 Å². The second-order valence-corrected chi connectivity index (χ2v) is 9.47. The lowest BCUT2D eigenvalue weighted by atomic mass is 9.78. The standard InChI is InChI=1S/C28H32N6O3/c29-25(35)22-6-4-5-21(17-22)19-28(26(30)36,33-27(37)32-23-7-2-1-3-8-23)18-20-11-15-34(16-12-20)24-9-13-31-14-10-24/h1-10,13-14,17,20H,11-12,15-16,18-19H2,(H2,29,35)(H2,30,36)(H2,32,33,37). The minimum Gasteiger partial charge on any atom is -0.371 e. The van der Waals surface area contributed by atoms with E-state index in [0.29, 0.717) is 23.2 Å². The Morgan fingerprint density at radius 1 is 0.946 bits per heavy atom. The summed E-state index contributed by atoms with van der Waals surface area (Å²) < 4.78 is 0. The Hall–Kier alpha value is -4.40. The first kappa shape index (κ1) is 25.7. The van der Waals surface area contributed by atoms with Crippen molar-refractivity contribution >= 4 is 29.2 Å². The number of urea groups is 1. The number of nitrogens with two attached hydrogens (primary N) is 2. The molecule has 6 N–H and O–H groups in total. The van der Waals surface area contributed by atoms with Gasteiger partial charge in [0.05, 0.1) is 0 Å². The molecule has 0 radical (unpaired) electrons. The van der Waals surface area contributed by atoms with E-state index in [1.165, 1.54) is 0 Å². The lowest BCUT2D eigenvalue weighted by Crippen LogP contribution is -2.61. The number of nitrogens with zero attached hydrogens (tertiary/aromatic N) is 2. The fourth-order valence-corrected chi connectivity index (χ4v) is 4.94. The summed E-state index contributed by atoms with van der Waals surface area (Å²) in [6.07, 6.45) is 5.72. The zero-order chi connectivity index (χ0) is 26.3. The van der Waals surface area contributed by atoms with Gasteiger partial charge in [0.1, 0.15) is 5.54 Å². The van der Waals surface area contributed by atoms with E-state index in [0.717, 1.165) is 31.6 Å². The summed E-state index contributed by atoms with van der Waals surface area (Å²) in [7, 11) is 0. The molecule has 0 aliphatic carbocycles. The van der Waals surface area contributed by atoms with E-state index in [9.17, 15) is 14.4 Å². The Bertz CT molecular complexity index is 1230. The van der Waals surface area contributed by atoms with Crippen LogP contribution in [0.2, 0.25) is 0 Å². The fraction of sp³-hybridized carbons (Fsp3) is 0.286. The van der Waals surface area contributed by atoms with Crippen LogP contribution in [0.4, 0.5) is 16.2 Å². The number of hydrogen-bond acceptors (Lipinski definition) is 5. The molecule has 2 aromatic carbocycles. The van der Waals surface area contributed by atoms with Crippen LogP contribution in [0.25, 0.3) is 0 Å². The van der Waals surface area contributed by atoms with Crippen molar-refractivity contribution in [2.45, 2.75) is 31.2 Å². The average molecular weight is 501 g/mol. The molecule has 1 aliphatic rings. The SMILES string of the molecule is NC(=O)c1cccc(CC(CC2CCN(c3ccncc3)CC2)(NC(=O)Nc2ccccc2)C(N)=O)c1. The summed E-state index contributed by atoms with van der Waals surface area (Å²) in [4.78, 5) is 44.2. The molecular weight excluding hydrogens is 468 g/mol. The number of piperidine rings is 1. The number of anilines is 2. The van der Waals surface area contributed by atoms with Gasteiger partial charge in [-0.15, -0.1) is 0 Å². The summed E-state index contributed by atoms with van der Waals surface area (Å²) in [6.45, 7) is 1.63. The summed E-state index contributed by atoms with van der Waals surface area (Å²) >= 11 is 0. The van der Waals surface area contributed by atoms with Crippen molar-refractivity contribution in [3.05, 3.63) is 90.3 Å². The highest BCUT2D eigenvalue weighted by atomic mass is 16.2. The molecule has 1 unspecified atom stereocenters. The first-order chi connectivity index (χ1) is 17.8. The van der Waals surface area contributed by atoms with Gasteiger partial charge in [-0.2, -0.15) is 0 Å². The van der Waals surface area contributed by atoms with E-state index in [1.54, 1.807) is 48.8 Å². The van der Waals surface area contributed by atoms with Gasteiger partial charge in [-0.25, -0.2) is 4.79 Å². The van der Waals surface area contributed by atoms with Crippen LogP contribution in [0.1, 0.15) is 35.2 Å². The smallest absolute Gasteiger partial charge is 0.320 e. The quantitative estimate of drug-likeness (QED) is 0.357. The third-order valence-corrected chi connectivity index (χ3v) is 6.85. The molecule has 4 amide bonds. The minimum absolute atomic E-state index is 0.135. The van der Waals surface area contributed by atoms with Gasteiger partial charge in [0.15, 0.2) is 0 Å². The molecule has 1 atom stereocenters. The molecule has 0 bridgehead atoms. The monoisotopic (exact) mass is 500 g/mol. The van der Waals surface area contributed by atoms with Crippen molar-refractivity contribution in [3.8, 4) is 0 Å². The van der Waals surface area contributed by atoms with Crippen molar-refractivity contribution < 1.29 is 14.4 Å². The first-order valence-corrected chi connectivity index (χ1v) is 12.3. The van der Waals surface area contributed by atoms with E-state index in [2.05, 4.69) is 20.5 Å². The number of amides is 4. The maximum atomic E-state index is 13.1. The number of nitrogens with one attached hydrogen (secondary N) is 2. The third kappa shape index (κ3) is 6.63. The molecule has 9 heteroatoms. The minimum atomic E-state index is -1.36. The molecule has 37 heavy (non-hydrogen) atoms. The molecule has 1 fully saturated rings. The largest absolute Gasteiger partial charge is 0.371 e. The molecule has 1 aromatic heterocycles. The molecule has 1 saturated heterocycles. The molecule has 2 heterocycles. The van der Waals surface area contributed by atoms with E-state index in [-0.39, 0.29) is 12.3 Å². The van der Waals surface area contributed by atoms with E-state index in [4.69, 9.17) is 11.5 Å². The number of benzene rings is 2. The van der Waals surface area contributed by atoms with Gasteiger partial charge in [0.2, 0.25) is 11.8 Å². The van der Waals surface area contributed by atoms with Crippen LogP contribution in [0.15, 0.2) is 79.1 Å². The Kier molecular flexibility index (Phi) is 8.02. The van der Waals surface area contributed by atoms with Gasteiger partial charge in [0.25, 0.3) is 0 Å². The molecule has 0 spiro atoms. The molecule has 0 saturated carbocycles. The summed E-state index contributed by atoms with van der Waals surface area (Å²) in [5.41, 5.74) is 12.8. The topological polar surface area (TPSA) is 143 Å². The fourth-order valence-electron chi connectivity index (χ4n) is 4.94. The summed E-state index contributed by atoms with van der Waals surface area (Å²) in [5.74, 6) is -1.04. The zero-order valence-corrected chi connectivity index (χ0v) is 20.6. The van der Waals surface area contributed by atoms with Crippen molar-refractivity contribution in [3.63, 3.8) is 0 Å². The van der Waals surface area contributed by atoms with Crippen molar-refractivity contribution in [2.75, 3.05) is 23.3 Å². The summed E-state index contributed by atoms with van der Waals surface area (Å²) in [5, 5.41) is 5.69. The maximum Gasteiger partial charge on any atom is 0.320 e. The number of aromatic nitrogens is 1. The third-order valence-electron chi connectivity index (χ3n) is 6.85. The lowest BCUT2D eigenvalue weighted by molar-refractivity contribution is -0.124. The molecule has 192 valence electrons. The molecule has 3 aromatic rings. The highest BCUT2D eigenvalue weighted by Crippen LogP contribution is 2.31. The Morgan fingerprint density at radius 2 is 1.65 bits per heavy atom. The van der Waals surface area contributed by atoms with Crippen LogP contribution in [-0.2, 0) is 11.2 Å². The number of para-hydroxylation sites is 1. The molecule has 1 aliphatic heterocycles. The van der Waals surface area contributed by atoms with Crippen LogP contribution >= 0.6 is 0 Å². The molecular formula is C28H32N6O3. The highest BCUT2D eigenvalue weighted by Gasteiger charge is 2.41. The maximum absolute atomic E-state index is 13.1. The van der Waals surface area contributed by atoms with E-state index >= 15 is 0 Å². The van der Waals surface area contributed by atoms with Crippen LogP contribution in [0.5, 0.6) is 0 Å². The number of carbonyl (C=O) groups excluding carboxylic acids is 3. The van der Waals surface area contributed by atoms with Gasteiger partial charge < -0.3 is 27.0 Å². The predicted octanol–water partition coefficient (Wildman–Crippen LogP) is 3.08. The van der Waals surface area contributed by atoms with Gasteiger partial charge >= 0.3 is 6.03 Å². The molecule has 4 rings (SSSR count). The second kappa shape index (κ2) is 11.6. The van der Waals surface area contributed by atoms with Gasteiger partial charge in [0, 0.05) is 48.8 Å². The number of primary amides is 2. The zero-order valence-electron chi connectivity index (χ0n) is 20.6. The van der Waals surface area contributed by atoms with Crippen molar-refractivity contribution in [2.24, 2.45) is 17.4 Å². The Labute approximate surface area is 216 Å². The van der Waals surface area contributed by atoms with E-state index in [1.807, 2.05) is 30.3 Å². The normalized spacial score (nSPS) is 15.4. The van der Waals surface area contributed by atoms with Crippen LogP contribution in [-0.4, -0.2) is 41.5 Å². The number of pyridine rings is 1. The van der Waals surface area contributed by atoms with Crippen LogP contribution in [0.3, 0.4) is 0 Å². The van der Waals surface area contributed by atoms with Gasteiger partial charge in [-0.05, 0) is 67.1 Å². The Morgan fingerprint density at radius 3 is 2.30 bits per heavy atom. The predicted molar refractivity (Wildman–Crippen MR) is 143 cm³/mol. The van der Waals surface area contributed by atoms with Crippen LogP contribution in [0, 0.1) is 5.92 Å². The van der Waals surface area contributed by atoms with Gasteiger partial charge in [-0.3, -0.25) is 14.6 Å². The molecule has 9 nitrogen and oxygen atoms in total. The highest BCUT2D eigenvalue weighted by molar-refractivity contribution is 5.96. The number of hydrogen-bond donors (Lipinski definition) is 4. The lowest BCUT2D eigenvalue weighted by Gasteiger charge is -2.39. The number of carbonyl (C=O) groups is 3.